The van der Waals surface area contributed by atoms with Gasteiger partial charge in [-0.05, 0) is 42.0 Å². The molecule has 0 aromatic heterocycles. The van der Waals surface area contributed by atoms with Crippen molar-refractivity contribution in [2.45, 2.75) is 4.90 Å². The predicted octanol–water partition coefficient (Wildman–Crippen LogP) is 5.43. The average molecular weight is 452 g/mol. The van der Waals surface area contributed by atoms with Crippen molar-refractivity contribution < 1.29 is 19.1 Å². The number of anilines is 1. The average Bonchev–Trinajstić information content (AvgIpc) is 3.04. The topological polar surface area (TPSA) is 55.8 Å². The number of halogens is 1. The summed E-state index contributed by atoms with van der Waals surface area (Å²) in [4.78, 5) is 29.4. The van der Waals surface area contributed by atoms with E-state index >= 15 is 0 Å². The number of carbonyl (C=O) groups excluding carboxylic acids is 2. The van der Waals surface area contributed by atoms with Crippen molar-refractivity contribution in [2.24, 2.45) is 0 Å². The standard InChI is InChI=1S/C24H18ClNO4S/c1-29-17-10-13-20(30-2)19(14-17)26-23(27)21(15-6-4-3-5-7-15)22(24(26)28)31-18-11-8-16(25)9-12-18/h3-14H,1-2H3. The number of thioether (sulfide) groups is 1. The van der Waals surface area contributed by atoms with Crippen LogP contribution in [-0.2, 0) is 9.59 Å². The van der Waals surface area contributed by atoms with E-state index in [4.69, 9.17) is 21.1 Å². The van der Waals surface area contributed by atoms with E-state index in [1.165, 1.54) is 26.0 Å². The summed E-state index contributed by atoms with van der Waals surface area (Å²) in [5.41, 5.74) is 1.34. The molecule has 4 rings (SSSR count). The highest BCUT2D eigenvalue weighted by atomic mass is 35.5. The Hall–Kier alpha value is -3.22. The van der Waals surface area contributed by atoms with Gasteiger partial charge in [0.1, 0.15) is 11.5 Å². The number of hydrogen-bond donors (Lipinski definition) is 0. The summed E-state index contributed by atoms with van der Waals surface area (Å²) in [6.07, 6.45) is 0. The first-order chi connectivity index (χ1) is 15.0. The largest absolute Gasteiger partial charge is 0.497 e. The summed E-state index contributed by atoms with van der Waals surface area (Å²) in [6.45, 7) is 0. The lowest BCUT2D eigenvalue weighted by Crippen LogP contribution is -2.31. The fourth-order valence-corrected chi connectivity index (χ4v) is 4.39. The SMILES string of the molecule is COc1ccc(OC)c(N2C(=O)C(Sc3ccc(Cl)cc3)=C(c3ccccc3)C2=O)c1. The molecule has 31 heavy (non-hydrogen) atoms. The van der Waals surface area contributed by atoms with Crippen LogP contribution in [0, 0.1) is 0 Å². The van der Waals surface area contributed by atoms with Crippen LogP contribution in [0.4, 0.5) is 5.69 Å². The number of nitrogens with zero attached hydrogens (tertiary/aromatic N) is 1. The van der Waals surface area contributed by atoms with E-state index in [0.29, 0.717) is 38.3 Å². The van der Waals surface area contributed by atoms with Crippen LogP contribution in [0.3, 0.4) is 0 Å². The van der Waals surface area contributed by atoms with Crippen molar-refractivity contribution in [3.05, 3.63) is 88.3 Å². The second kappa shape index (κ2) is 8.88. The van der Waals surface area contributed by atoms with Crippen LogP contribution in [0.5, 0.6) is 11.5 Å². The van der Waals surface area contributed by atoms with E-state index in [1.54, 1.807) is 30.3 Å². The Morgan fingerprint density at radius 2 is 1.55 bits per heavy atom. The Morgan fingerprint density at radius 3 is 2.19 bits per heavy atom. The molecule has 0 spiro atoms. The monoisotopic (exact) mass is 451 g/mol. The molecule has 5 nitrogen and oxygen atoms in total. The van der Waals surface area contributed by atoms with E-state index in [-0.39, 0.29) is 0 Å². The van der Waals surface area contributed by atoms with E-state index in [0.717, 1.165) is 9.80 Å². The first-order valence-electron chi connectivity index (χ1n) is 9.37. The Balaban J connectivity index is 1.84. The zero-order chi connectivity index (χ0) is 22.0. The van der Waals surface area contributed by atoms with Crippen LogP contribution in [-0.4, -0.2) is 26.0 Å². The van der Waals surface area contributed by atoms with Gasteiger partial charge in [0.15, 0.2) is 0 Å². The van der Waals surface area contributed by atoms with Crippen molar-refractivity contribution in [1.29, 1.82) is 0 Å². The fraction of sp³-hybridized carbons (Fsp3) is 0.0833. The van der Waals surface area contributed by atoms with Gasteiger partial charge in [-0.15, -0.1) is 0 Å². The van der Waals surface area contributed by atoms with Crippen LogP contribution in [0.2, 0.25) is 5.02 Å². The maximum atomic E-state index is 13.6. The Bertz CT molecular complexity index is 1180. The lowest BCUT2D eigenvalue weighted by molar-refractivity contribution is -0.119. The lowest BCUT2D eigenvalue weighted by Gasteiger charge is -2.19. The summed E-state index contributed by atoms with van der Waals surface area (Å²) in [6, 6.07) is 21.3. The highest BCUT2D eigenvalue weighted by Gasteiger charge is 2.41. The molecule has 156 valence electrons. The van der Waals surface area contributed by atoms with Gasteiger partial charge >= 0.3 is 0 Å². The molecule has 1 heterocycles. The van der Waals surface area contributed by atoms with Crippen LogP contribution < -0.4 is 14.4 Å². The number of hydrogen-bond acceptors (Lipinski definition) is 5. The van der Waals surface area contributed by atoms with Gasteiger partial charge in [-0.25, -0.2) is 4.90 Å². The minimum absolute atomic E-state index is 0.331. The van der Waals surface area contributed by atoms with Crippen LogP contribution in [0.25, 0.3) is 5.57 Å². The third-order valence-corrected chi connectivity index (χ3v) is 6.11. The number of imide groups is 1. The number of amides is 2. The molecule has 2 amide bonds. The van der Waals surface area contributed by atoms with Crippen molar-refractivity contribution >= 4 is 46.4 Å². The molecule has 0 N–H and O–H groups in total. The summed E-state index contributed by atoms with van der Waals surface area (Å²) in [7, 11) is 3.01. The van der Waals surface area contributed by atoms with Gasteiger partial charge in [-0.1, -0.05) is 53.7 Å². The molecule has 0 bridgehead atoms. The van der Waals surface area contributed by atoms with E-state index in [2.05, 4.69) is 0 Å². The normalized spacial score (nSPS) is 13.7. The van der Waals surface area contributed by atoms with Crippen LogP contribution >= 0.6 is 23.4 Å². The molecule has 0 fully saturated rings. The molecule has 0 atom stereocenters. The maximum absolute atomic E-state index is 13.6. The highest BCUT2D eigenvalue weighted by Crippen LogP contribution is 2.44. The molecule has 0 radical (unpaired) electrons. The van der Waals surface area contributed by atoms with Crippen molar-refractivity contribution in [1.82, 2.24) is 0 Å². The molecule has 0 unspecified atom stereocenters. The third kappa shape index (κ3) is 4.04. The molecular formula is C24H18ClNO4S. The number of rotatable bonds is 6. The smallest absolute Gasteiger partial charge is 0.273 e. The first kappa shape index (κ1) is 21.0. The Labute approximate surface area is 189 Å². The zero-order valence-electron chi connectivity index (χ0n) is 16.8. The van der Waals surface area contributed by atoms with E-state index in [1.807, 2.05) is 42.5 Å². The quantitative estimate of drug-likeness (QED) is 0.467. The van der Waals surface area contributed by atoms with Gasteiger partial charge in [0, 0.05) is 16.0 Å². The van der Waals surface area contributed by atoms with Crippen molar-refractivity contribution in [3.63, 3.8) is 0 Å². The molecule has 1 aliphatic rings. The van der Waals surface area contributed by atoms with Gasteiger partial charge in [0.05, 0.1) is 30.4 Å². The predicted molar refractivity (Wildman–Crippen MR) is 123 cm³/mol. The van der Waals surface area contributed by atoms with Crippen LogP contribution in [0.1, 0.15) is 5.56 Å². The fourth-order valence-electron chi connectivity index (χ4n) is 3.27. The van der Waals surface area contributed by atoms with Gasteiger partial charge in [0.2, 0.25) is 0 Å². The second-order valence-electron chi connectivity index (χ2n) is 6.61. The Morgan fingerprint density at radius 1 is 0.839 bits per heavy atom. The maximum Gasteiger partial charge on any atom is 0.273 e. The summed E-state index contributed by atoms with van der Waals surface area (Å²) in [5.74, 6) is 0.0682. The minimum Gasteiger partial charge on any atom is -0.497 e. The summed E-state index contributed by atoms with van der Waals surface area (Å²) >= 11 is 7.23. The molecule has 3 aromatic carbocycles. The molecule has 0 saturated heterocycles. The number of methoxy groups -OCH3 is 2. The summed E-state index contributed by atoms with van der Waals surface area (Å²) in [5, 5.41) is 0.596. The third-order valence-electron chi connectivity index (χ3n) is 4.76. The zero-order valence-corrected chi connectivity index (χ0v) is 18.4. The molecule has 0 saturated carbocycles. The van der Waals surface area contributed by atoms with E-state index < -0.39 is 11.8 Å². The van der Waals surface area contributed by atoms with E-state index in [9.17, 15) is 9.59 Å². The van der Waals surface area contributed by atoms with Crippen molar-refractivity contribution in [3.8, 4) is 11.5 Å². The highest BCUT2D eigenvalue weighted by molar-refractivity contribution is 8.04. The molecular weight excluding hydrogens is 434 g/mol. The van der Waals surface area contributed by atoms with Gasteiger partial charge in [0.25, 0.3) is 11.8 Å². The van der Waals surface area contributed by atoms with Crippen molar-refractivity contribution in [2.75, 3.05) is 19.1 Å². The molecule has 0 aliphatic carbocycles. The summed E-state index contributed by atoms with van der Waals surface area (Å²) < 4.78 is 10.7. The van der Waals surface area contributed by atoms with Gasteiger partial charge in [-0.3, -0.25) is 9.59 Å². The number of ether oxygens (including phenoxy) is 2. The first-order valence-corrected chi connectivity index (χ1v) is 10.6. The number of carbonyl (C=O) groups is 2. The molecule has 3 aromatic rings. The van der Waals surface area contributed by atoms with Crippen LogP contribution in [0.15, 0.2) is 82.6 Å². The minimum atomic E-state index is -0.421. The molecule has 7 heteroatoms. The number of benzene rings is 3. The Kier molecular flexibility index (Phi) is 6.02. The second-order valence-corrected chi connectivity index (χ2v) is 8.13. The molecule has 1 aliphatic heterocycles. The van der Waals surface area contributed by atoms with Gasteiger partial charge < -0.3 is 9.47 Å². The van der Waals surface area contributed by atoms with Gasteiger partial charge in [-0.2, -0.15) is 0 Å². The lowest BCUT2D eigenvalue weighted by atomic mass is 10.1.